The third-order valence-corrected chi connectivity index (χ3v) is 6.92. The summed E-state index contributed by atoms with van der Waals surface area (Å²) in [7, 11) is 1.56. The maximum absolute atomic E-state index is 12.9. The molecule has 4 rings (SSSR count). The fourth-order valence-electron chi connectivity index (χ4n) is 4.44. The number of anilines is 1. The number of methoxy groups -OCH3 is 1. The van der Waals surface area contributed by atoms with Crippen molar-refractivity contribution in [2.45, 2.75) is 58.2 Å². The van der Waals surface area contributed by atoms with E-state index in [1.54, 1.807) is 24.6 Å². The standard InChI is InChI=1S/C27H32N4O4S/c1-17-12-18(2)14-19(13-17)35-15-25-28-23(16-36-25)26(32)29-20-8-4-5-9-21(20)30-27(33)31-22-10-6-7-11-24(22)34-3/h6-7,10-14,16,20-21H,4-5,8-9,15H2,1-3H3,(H,29,32)(H2,30,31,33)/t20-,21+/m0/s1. The van der Waals surface area contributed by atoms with Gasteiger partial charge in [-0.2, -0.15) is 0 Å². The summed E-state index contributed by atoms with van der Waals surface area (Å²) in [6.07, 6.45) is 3.56. The van der Waals surface area contributed by atoms with Gasteiger partial charge in [0, 0.05) is 11.4 Å². The third-order valence-electron chi connectivity index (χ3n) is 6.10. The average molecular weight is 509 g/mol. The van der Waals surface area contributed by atoms with Crippen LogP contribution >= 0.6 is 11.3 Å². The van der Waals surface area contributed by atoms with E-state index < -0.39 is 0 Å². The number of benzene rings is 2. The molecule has 0 unspecified atom stereocenters. The predicted octanol–water partition coefficient (Wildman–Crippen LogP) is 5.21. The van der Waals surface area contributed by atoms with Gasteiger partial charge in [0.25, 0.3) is 5.91 Å². The van der Waals surface area contributed by atoms with Crippen LogP contribution in [0.3, 0.4) is 0 Å². The van der Waals surface area contributed by atoms with Gasteiger partial charge in [0.1, 0.15) is 28.8 Å². The van der Waals surface area contributed by atoms with E-state index in [9.17, 15) is 9.59 Å². The maximum atomic E-state index is 12.9. The Kier molecular flexibility index (Phi) is 8.43. The molecule has 1 aliphatic rings. The second kappa shape index (κ2) is 11.9. The monoisotopic (exact) mass is 508 g/mol. The fourth-order valence-corrected chi connectivity index (χ4v) is 5.12. The Morgan fingerprint density at radius 2 is 1.72 bits per heavy atom. The van der Waals surface area contributed by atoms with Crippen LogP contribution in [0.2, 0.25) is 0 Å². The molecule has 1 fully saturated rings. The normalized spacial score (nSPS) is 17.2. The van der Waals surface area contributed by atoms with Crippen LogP contribution in [0.15, 0.2) is 47.8 Å². The predicted molar refractivity (Wildman–Crippen MR) is 141 cm³/mol. The van der Waals surface area contributed by atoms with Crippen LogP contribution in [0.4, 0.5) is 10.5 Å². The number of para-hydroxylation sites is 2. The molecule has 2 aromatic carbocycles. The first-order chi connectivity index (χ1) is 17.4. The van der Waals surface area contributed by atoms with E-state index in [4.69, 9.17) is 9.47 Å². The lowest BCUT2D eigenvalue weighted by molar-refractivity contribution is 0.0911. The Bertz CT molecular complexity index is 1190. The SMILES string of the molecule is COc1ccccc1NC(=O)N[C@@H]1CCCC[C@@H]1NC(=O)c1csc(COc2cc(C)cc(C)c2)n1. The number of hydrogen-bond donors (Lipinski definition) is 3. The molecule has 2 atom stereocenters. The van der Waals surface area contributed by atoms with Crippen LogP contribution in [-0.4, -0.2) is 36.1 Å². The molecule has 190 valence electrons. The zero-order chi connectivity index (χ0) is 25.5. The zero-order valence-corrected chi connectivity index (χ0v) is 21.6. The molecule has 3 N–H and O–H groups in total. The molecule has 0 saturated heterocycles. The number of amides is 3. The van der Waals surface area contributed by atoms with Gasteiger partial charge in [-0.15, -0.1) is 11.3 Å². The molecule has 0 bridgehead atoms. The minimum Gasteiger partial charge on any atom is -0.495 e. The number of urea groups is 1. The van der Waals surface area contributed by atoms with E-state index in [0.29, 0.717) is 23.7 Å². The van der Waals surface area contributed by atoms with Gasteiger partial charge in [-0.25, -0.2) is 9.78 Å². The van der Waals surface area contributed by atoms with Gasteiger partial charge in [0.2, 0.25) is 0 Å². The van der Waals surface area contributed by atoms with Gasteiger partial charge >= 0.3 is 6.03 Å². The first kappa shape index (κ1) is 25.5. The molecular weight excluding hydrogens is 476 g/mol. The van der Waals surface area contributed by atoms with Crippen molar-refractivity contribution < 1.29 is 19.1 Å². The molecular formula is C27H32N4O4S. The van der Waals surface area contributed by atoms with Crippen molar-refractivity contribution in [1.82, 2.24) is 15.6 Å². The lowest BCUT2D eigenvalue weighted by Crippen LogP contribution is -2.54. The van der Waals surface area contributed by atoms with Crippen LogP contribution < -0.4 is 25.4 Å². The van der Waals surface area contributed by atoms with E-state index in [-0.39, 0.29) is 24.0 Å². The summed E-state index contributed by atoms with van der Waals surface area (Å²) >= 11 is 1.40. The maximum Gasteiger partial charge on any atom is 0.319 e. The molecule has 0 radical (unpaired) electrons. The molecule has 1 aromatic heterocycles. The topological polar surface area (TPSA) is 102 Å². The quantitative estimate of drug-likeness (QED) is 0.388. The van der Waals surface area contributed by atoms with Gasteiger partial charge in [-0.1, -0.05) is 31.0 Å². The number of aromatic nitrogens is 1. The summed E-state index contributed by atoms with van der Waals surface area (Å²) in [5, 5.41) is 11.4. The molecule has 3 aromatic rings. The summed E-state index contributed by atoms with van der Waals surface area (Å²) in [5.41, 5.74) is 3.22. The van der Waals surface area contributed by atoms with Gasteiger partial charge in [-0.3, -0.25) is 4.79 Å². The van der Waals surface area contributed by atoms with Crippen molar-refractivity contribution in [1.29, 1.82) is 0 Å². The lowest BCUT2D eigenvalue weighted by atomic mass is 9.90. The zero-order valence-electron chi connectivity index (χ0n) is 20.8. The first-order valence-corrected chi connectivity index (χ1v) is 13.0. The average Bonchev–Trinajstić information content (AvgIpc) is 3.33. The highest BCUT2D eigenvalue weighted by Gasteiger charge is 2.29. The Labute approximate surface area is 215 Å². The Morgan fingerprint density at radius 1 is 1.03 bits per heavy atom. The van der Waals surface area contributed by atoms with E-state index in [0.717, 1.165) is 47.6 Å². The molecule has 9 heteroatoms. The van der Waals surface area contributed by atoms with Crippen LogP contribution in [0.25, 0.3) is 0 Å². The fraction of sp³-hybridized carbons (Fsp3) is 0.370. The number of carbonyl (C=O) groups excluding carboxylic acids is 2. The van der Waals surface area contributed by atoms with Crippen LogP contribution in [0.5, 0.6) is 11.5 Å². The Morgan fingerprint density at radius 3 is 2.44 bits per heavy atom. The van der Waals surface area contributed by atoms with Crippen molar-refractivity contribution in [3.8, 4) is 11.5 Å². The molecule has 1 heterocycles. The lowest BCUT2D eigenvalue weighted by Gasteiger charge is -2.32. The summed E-state index contributed by atoms with van der Waals surface area (Å²) < 4.78 is 11.2. The first-order valence-electron chi connectivity index (χ1n) is 12.1. The molecule has 1 aliphatic carbocycles. The van der Waals surface area contributed by atoms with Crippen LogP contribution in [0, 0.1) is 13.8 Å². The minimum absolute atomic E-state index is 0.175. The van der Waals surface area contributed by atoms with Gasteiger partial charge < -0.3 is 25.4 Å². The molecule has 36 heavy (non-hydrogen) atoms. The molecule has 8 nitrogen and oxygen atoms in total. The Balaban J connectivity index is 1.32. The van der Waals surface area contributed by atoms with Crippen molar-refractivity contribution in [2.75, 3.05) is 12.4 Å². The largest absolute Gasteiger partial charge is 0.495 e. The summed E-state index contributed by atoms with van der Waals surface area (Å²) in [6.45, 7) is 4.36. The number of thiazole rings is 1. The second-order valence-electron chi connectivity index (χ2n) is 9.01. The van der Waals surface area contributed by atoms with E-state index in [1.807, 2.05) is 38.1 Å². The van der Waals surface area contributed by atoms with Crippen LogP contribution in [0.1, 0.15) is 52.3 Å². The van der Waals surface area contributed by atoms with Gasteiger partial charge in [0.15, 0.2) is 0 Å². The molecule has 3 amide bonds. The number of nitrogens with zero attached hydrogens (tertiary/aromatic N) is 1. The molecule has 0 aliphatic heterocycles. The molecule has 0 spiro atoms. The smallest absolute Gasteiger partial charge is 0.319 e. The number of nitrogens with one attached hydrogen (secondary N) is 3. The Hall–Kier alpha value is -3.59. The third kappa shape index (κ3) is 6.75. The second-order valence-corrected chi connectivity index (χ2v) is 9.95. The van der Waals surface area contributed by atoms with Gasteiger partial charge in [0.05, 0.1) is 18.8 Å². The van der Waals surface area contributed by atoms with Gasteiger partial charge in [-0.05, 0) is 62.1 Å². The van der Waals surface area contributed by atoms with Crippen molar-refractivity contribution >= 4 is 29.0 Å². The highest BCUT2D eigenvalue weighted by molar-refractivity contribution is 7.09. The van der Waals surface area contributed by atoms with E-state index in [2.05, 4.69) is 27.0 Å². The number of ether oxygens (including phenoxy) is 2. The number of carbonyl (C=O) groups is 2. The highest BCUT2D eigenvalue weighted by atomic mass is 32.1. The van der Waals surface area contributed by atoms with E-state index in [1.165, 1.54) is 11.3 Å². The summed E-state index contributed by atoms with van der Waals surface area (Å²) in [4.78, 5) is 30.1. The number of aryl methyl sites for hydroxylation is 2. The van der Waals surface area contributed by atoms with Crippen molar-refractivity contribution in [3.05, 3.63) is 69.7 Å². The van der Waals surface area contributed by atoms with Crippen LogP contribution in [-0.2, 0) is 6.61 Å². The summed E-state index contributed by atoms with van der Waals surface area (Å²) in [5.74, 6) is 1.13. The van der Waals surface area contributed by atoms with E-state index >= 15 is 0 Å². The molecule has 1 saturated carbocycles. The minimum atomic E-state index is -0.329. The van der Waals surface area contributed by atoms with Crippen molar-refractivity contribution in [3.63, 3.8) is 0 Å². The number of hydrogen-bond acceptors (Lipinski definition) is 6. The summed E-state index contributed by atoms with van der Waals surface area (Å²) in [6, 6.07) is 12.6. The number of rotatable bonds is 8. The van der Waals surface area contributed by atoms with Crippen molar-refractivity contribution in [2.24, 2.45) is 0 Å². The highest BCUT2D eigenvalue weighted by Crippen LogP contribution is 2.24.